The lowest BCUT2D eigenvalue weighted by molar-refractivity contribution is -0.383. The maximum Gasteiger partial charge on any atom is 0.353 e. The van der Waals surface area contributed by atoms with E-state index in [2.05, 4.69) is 25.9 Å². The average Bonchev–Trinajstić information content (AvgIpc) is 3.17. The molecule has 2 aromatic carbocycles. The van der Waals surface area contributed by atoms with Crippen molar-refractivity contribution in [1.82, 2.24) is 9.97 Å². The van der Waals surface area contributed by atoms with Gasteiger partial charge >= 0.3 is 5.69 Å². The van der Waals surface area contributed by atoms with Crippen molar-refractivity contribution >= 4 is 40.3 Å². The molecule has 1 aliphatic rings. The first-order valence-corrected chi connectivity index (χ1v) is 8.80. The van der Waals surface area contributed by atoms with Gasteiger partial charge in [0.25, 0.3) is 0 Å². The molecule has 2 heterocycles. The number of nitrogens with zero attached hydrogens (tertiary/aromatic N) is 3. The Labute approximate surface area is 170 Å². The molecule has 4 rings (SSSR count). The zero-order valence-corrected chi connectivity index (χ0v) is 15.7. The number of nitrogens with one attached hydrogen (secondary N) is 3. The molecule has 0 saturated carbocycles. The molecule has 152 valence electrons. The van der Waals surface area contributed by atoms with Gasteiger partial charge in [-0.05, 0) is 36.4 Å². The summed E-state index contributed by atoms with van der Waals surface area (Å²) in [6.07, 6.45) is 1.22. The minimum atomic E-state index is -0.566. The van der Waals surface area contributed by atoms with Crippen molar-refractivity contribution in [1.29, 1.82) is 0 Å². The van der Waals surface area contributed by atoms with Crippen molar-refractivity contribution in [2.75, 3.05) is 22.7 Å². The second kappa shape index (κ2) is 7.91. The molecule has 0 spiro atoms. The average molecular weight is 408 g/mol. The van der Waals surface area contributed by atoms with Crippen molar-refractivity contribution < 1.29 is 19.2 Å². The molecule has 1 amide bonds. The minimum Gasteiger partial charge on any atom is -0.454 e. The molecular formula is C19H16N6O5. The van der Waals surface area contributed by atoms with Gasteiger partial charge in [-0.1, -0.05) is 0 Å². The van der Waals surface area contributed by atoms with Crippen molar-refractivity contribution in [3.05, 3.63) is 58.9 Å². The number of hydrogen-bond acceptors (Lipinski definition) is 9. The lowest BCUT2D eigenvalue weighted by Gasteiger charge is -2.11. The normalized spacial score (nSPS) is 11.6. The Morgan fingerprint density at radius 3 is 2.23 bits per heavy atom. The van der Waals surface area contributed by atoms with Crippen LogP contribution in [-0.4, -0.2) is 27.6 Å². The summed E-state index contributed by atoms with van der Waals surface area (Å²) in [4.78, 5) is 30.3. The number of carbonyl (C=O) groups is 1. The lowest BCUT2D eigenvalue weighted by Crippen LogP contribution is -2.06. The van der Waals surface area contributed by atoms with Crippen LogP contribution in [0.2, 0.25) is 0 Å². The summed E-state index contributed by atoms with van der Waals surface area (Å²) >= 11 is 0. The summed E-state index contributed by atoms with van der Waals surface area (Å²) in [5.74, 6) is 0.982. The number of nitro groups is 1. The molecule has 0 saturated heterocycles. The van der Waals surface area contributed by atoms with E-state index in [4.69, 9.17) is 9.47 Å². The number of aromatic nitrogens is 2. The van der Waals surface area contributed by atoms with E-state index in [0.717, 1.165) is 0 Å². The highest BCUT2D eigenvalue weighted by atomic mass is 16.7. The monoisotopic (exact) mass is 408 g/mol. The first-order valence-electron chi connectivity index (χ1n) is 8.80. The number of benzene rings is 2. The topological polar surface area (TPSA) is 141 Å². The van der Waals surface area contributed by atoms with Crippen molar-refractivity contribution in [2.24, 2.45) is 0 Å². The molecule has 0 atom stereocenters. The van der Waals surface area contributed by atoms with E-state index in [9.17, 15) is 14.9 Å². The van der Waals surface area contributed by atoms with Crippen LogP contribution in [0, 0.1) is 10.1 Å². The van der Waals surface area contributed by atoms with Crippen LogP contribution in [0.5, 0.6) is 11.5 Å². The molecule has 1 aliphatic heterocycles. The van der Waals surface area contributed by atoms with E-state index in [1.165, 1.54) is 13.3 Å². The van der Waals surface area contributed by atoms with Crippen molar-refractivity contribution in [3.8, 4) is 11.5 Å². The zero-order chi connectivity index (χ0) is 21.1. The number of hydrogen-bond donors (Lipinski definition) is 3. The fourth-order valence-corrected chi connectivity index (χ4v) is 2.82. The van der Waals surface area contributed by atoms with Gasteiger partial charge in [0.05, 0.1) is 4.92 Å². The molecule has 1 aromatic heterocycles. The molecule has 11 heteroatoms. The summed E-state index contributed by atoms with van der Waals surface area (Å²) in [6.45, 7) is 1.53. The Morgan fingerprint density at radius 2 is 1.57 bits per heavy atom. The van der Waals surface area contributed by atoms with Gasteiger partial charge in [0.1, 0.15) is 6.33 Å². The van der Waals surface area contributed by atoms with Gasteiger partial charge in [-0.15, -0.1) is 0 Å². The largest absolute Gasteiger partial charge is 0.454 e. The van der Waals surface area contributed by atoms with Crippen LogP contribution in [0.4, 0.5) is 34.4 Å². The maximum absolute atomic E-state index is 11.7. The van der Waals surface area contributed by atoms with Crippen LogP contribution in [0.25, 0.3) is 0 Å². The summed E-state index contributed by atoms with van der Waals surface area (Å²) in [5, 5.41) is 20.2. The highest BCUT2D eigenvalue weighted by Gasteiger charge is 2.24. The second-order valence-electron chi connectivity index (χ2n) is 6.25. The first kappa shape index (κ1) is 18.9. The minimum absolute atomic E-state index is 0.0190. The molecule has 0 fully saturated rings. The number of fused-ring (bicyclic) bond motifs is 1. The van der Waals surface area contributed by atoms with Crippen LogP contribution < -0.4 is 25.4 Å². The van der Waals surface area contributed by atoms with E-state index in [1.54, 1.807) is 42.5 Å². The van der Waals surface area contributed by atoms with Gasteiger partial charge in [0.2, 0.25) is 24.3 Å². The third kappa shape index (κ3) is 4.04. The Hall–Kier alpha value is -4.41. The Balaban J connectivity index is 1.60. The number of anilines is 5. The first-order chi connectivity index (χ1) is 14.5. The fourth-order valence-electron chi connectivity index (χ4n) is 2.82. The van der Waals surface area contributed by atoms with E-state index < -0.39 is 4.92 Å². The van der Waals surface area contributed by atoms with Crippen molar-refractivity contribution in [3.63, 3.8) is 0 Å². The van der Waals surface area contributed by atoms with Gasteiger partial charge in [0.15, 0.2) is 11.5 Å². The van der Waals surface area contributed by atoms with Crippen molar-refractivity contribution in [2.45, 2.75) is 6.92 Å². The number of carbonyl (C=O) groups excluding carboxylic acids is 1. The van der Waals surface area contributed by atoms with E-state index in [0.29, 0.717) is 28.6 Å². The second-order valence-corrected chi connectivity index (χ2v) is 6.25. The summed E-state index contributed by atoms with van der Waals surface area (Å²) < 4.78 is 10.6. The van der Waals surface area contributed by atoms with Gasteiger partial charge < -0.3 is 25.4 Å². The van der Waals surface area contributed by atoms with Crippen LogP contribution >= 0.6 is 0 Å². The molecule has 30 heavy (non-hydrogen) atoms. The Bertz CT molecular complexity index is 1120. The highest BCUT2D eigenvalue weighted by Crippen LogP contribution is 2.37. The molecule has 0 unspecified atom stereocenters. The quantitative estimate of drug-likeness (QED) is 0.412. The van der Waals surface area contributed by atoms with Crippen LogP contribution in [0.1, 0.15) is 6.92 Å². The summed E-state index contributed by atoms with van der Waals surface area (Å²) in [5.41, 5.74) is 1.39. The van der Waals surface area contributed by atoms with Gasteiger partial charge in [-0.25, -0.2) is 9.97 Å². The van der Waals surface area contributed by atoms with Gasteiger partial charge in [-0.3, -0.25) is 14.9 Å². The van der Waals surface area contributed by atoms with E-state index in [1.807, 2.05) is 0 Å². The predicted molar refractivity (Wildman–Crippen MR) is 109 cm³/mol. The van der Waals surface area contributed by atoms with Crippen LogP contribution in [0.3, 0.4) is 0 Å². The van der Waals surface area contributed by atoms with Gasteiger partial charge in [-0.2, -0.15) is 0 Å². The van der Waals surface area contributed by atoms with Crippen LogP contribution in [0.15, 0.2) is 48.8 Å². The van der Waals surface area contributed by atoms with Gasteiger partial charge in [0, 0.05) is 30.1 Å². The number of amides is 1. The Kier molecular flexibility index (Phi) is 4.99. The fraction of sp³-hybridized carbons (Fsp3) is 0.105. The highest BCUT2D eigenvalue weighted by molar-refractivity contribution is 5.89. The smallest absolute Gasteiger partial charge is 0.353 e. The summed E-state index contributed by atoms with van der Waals surface area (Å²) in [6, 6.07) is 11.7. The lowest BCUT2D eigenvalue weighted by atomic mass is 10.2. The molecule has 11 nitrogen and oxygen atoms in total. The molecule has 0 aliphatic carbocycles. The predicted octanol–water partition coefficient (Wildman–Crippen LogP) is 3.56. The zero-order valence-electron chi connectivity index (χ0n) is 15.7. The molecule has 0 radical (unpaired) electrons. The third-order valence-corrected chi connectivity index (χ3v) is 4.11. The summed E-state index contributed by atoms with van der Waals surface area (Å²) in [7, 11) is 0. The number of ether oxygens (including phenoxy) is 2. The molecular weight excluding hydrogens is 392 g/mol. The SMILES string of the molecule is CC(=O)Nc1ccc(Nc2ncnc(Nc3ccc4c(c3)OCO4)c2[N+](=O)[O-])cc1. The number of rotatable bonds is 6. The van der Waals surface area contributed by atoms with E-state index >= 15 is 0 Å². The molecule has 0 bridgehead atoms. The molecule has 3 N–H and O–H groups in total. The third-order valence-electron chi connectivity index (χ3n) is 4.11. The molecule has 3 aromatic rings. The maximum atomic E-state index is 11.7. The van der Waals surface area contributed by atoms with E-state index in [-0.39, 0.29) is 30.0 Å². The standard InChI is InChI=1S/C19H16N6O5/c1-11(26)22-12-2-4-13(5-3-12)23-18-17(25(27)28)19(21-9-20-18)24-14-6-7-15-16(8-14)30-10-29-15/h2-9H,10H2,1H3,(H,22,26)(H2,20,21,23,24). The Morgan fingerprint density at radius 1 is 0.967 bits per heavy atom. The van der Waals surface area contributed by atoms with Crippen LogP contribution in [-0.2, 0) is 4.79 Å².